The summed E-state index contributed by atoms with van der Waals surface area (Å²) in [5.74, 6) is 0.210. The number of aliphatic carboxylic acids is 1. The molecule has 0 radical (unpaired) electrons. The molecular weight excluding hydrogens is 544 g/mol. The van der Waals surface area contributed by atoms with Crippen molar-refractivity contribution in [2.24, 2.45) is 5.41 Å². The van der Waals surface area contributed by atoms with Crippen LogP contribution in [-0.2, 0) is 14.9 Å². The molecular formula is C40H58O4. The van der Waals surface area contributed by atoms with E-state index in [0.717, 1.165) is 67.4 Å². The van der Waals surface area contributed by atoms with Crippen molar-refractivity contribution in [3.05, 3.63) is 94.3 Å². The number of ether oxygens (including phenoxy) is 1. The summed E-state index contributed by atoms with van der Waals surface area (Å²) in [6.45, 7) is 19.7. The third-order valence-electron chi connectivity index (χ3n) is 8.93. The van der Waals surface area contributed by atoms with Crippen LogP contribution in [0.25, 0.3) is 11.1 Å². The van der Waals surface area contributed by atoms with E-state index in [4.69, 9.17) is 9.84 Å². The molecule has 0 bridgehead atoms. The smallest absolute Gasteiger partial charge is 0.303 e. The highest BCUT2D eigenvalue weighted by Gasteiger charge is 2.33. The highest BCUT2D eigenvalue weighted by Crippen LogP contribution is 2.43. The van der Waals surface area contributed by atoms with Crippen molar-refractivity contribution < 1.29 is 19.7 Å². The zero-order valence-corrected chi connectivity index (χ0v) is 28.9. The molecule has 0 amide bonds. The van der Waals surface area contributed by atoms with Gasteiger partial charge in [-0.15, -0.1) is 0 Å². The Bertz CT molecular complexity index is 1300. The molecule has 1 unspecified atom stereocenters. The average Bonchev–Trinajstić information content (AvgIpc) is 3.19. The maximum Gasteiger partial charge on any atom is 0.303 e. The van der Waals surface area contributed by atoms with Gasteiger partial charge in [-0.1, -0.05) is 115 Å². The van der Waals surface area contributed by atoms with Gasteiger partial charge in [0, 0.05) is 11.8 Å². The lowest BCUT2D eigenvalue weighted by Crippen LogP contribution is -2.27. The van der Waals surface area contributed by atoms with E-state index in [0.29, 0.717) is 6.61 Å². The normalized spacial score (nSPS) is 14.4. The van der Waals surface area contributed by atoms with E-state index in [9.17, 15) is 9.90 Å². The molecule has 0 aliphatic heterocycles. The van der Waals surface area contributed by atoms with E-state index in [2.05, 4.69) is 97.0 Å². The van der Waals surface area contributed by atoms with Crippen molar-refractivity contribution in [2.45, 2.75) is 125 Å². The van der Waals surface area contributed by atoms with Crippen LogP contribution in [0.3, 0.4) is 0 Å². The number of aryl methyl sites for hydroxylation is 1. The molecule has 2 N–H and O–H groups in total. The number of hydrogen-bond acceptors (Lipinski definition) is 3. The van der Waals surface area contributed by atoms with Crippen molar-refractivity contribution in [1.82, 2.24) is 0 Å². The number of unbranched alkanes of at least 4 members (excludes halogenated alkanes) is 3. The van der Waals surface area contributed by atoms with Gasteiger partial charge in [0.05, 0.1) is 12.7 Å². The summed E-state index contributed by atoms with van der Waals surface area (Å²) in [4.78, 5) is 10.7. The highest BCUT2D eigenvalue weighted by atomic mass is 16.5. The predicted molar refractivity (Wildman–Crippen MR) is 186 cm³/mol. The fourth-order valence-corrected chi connectivity index (χ4v) is 6.13. The number of allylic oxidation sites excluding steroid dienone is 5. The quantitative estimate of drug-likeness (QED) is 0.211. The second-order valence-corrected chi connectivity index (χ2v) is 12.9. The molecule has 0 fully saturated rings. The van der Waals surface area contributed by atoms with Gasteiger partial charge in [0.1, 0.15) is 5.76 Å². The minimum atomic E-state index is -0.721. The number of rotatable bonds is 14. The SMILES string of the molecule is CC.CCC(CC)(C1=CC=C(OCCCCCCC(=O)O)C(C)=CC1)c1ccc(-c2cccc(C(O)C(C)(C)C)c2)c(C)c1. The first-order valence-electron chi connectivity index (χ1n) is 16.8. The van der Waals surface area contributed by atoms with Crippen molar-refractivity contribution in [3.8, 4) is 11.1 Å². The molecule has 0 saturated carbocycles. The molecule has 242 valence electrons. The van der Waals surface area contributed by atoms with Crippen LogP contribution in [0.1, 0.15) is 130 Å². The number of carbonyl (C=O) groups is 1. The molecule has 0 saturated heterocycles. The number of carboxylic acids is 1. The topological polar surface area (TPSA) is 66.8 Å². The van der Waals surface area contributed by atoms with E-state index < -0.39 is 12.1 Å². The van der Waals surface area contributed by atoms with E-state index in [-0.39, 0.29) is 17.3 Å². The molecule has 1 aliphatic rings. The Hall–Kier alpha value is -3.11. The number of aliphatic hydroxyl groups is 1. The molecule has 1 aliphatic carbocycles. The average molecular weight is 603 g/mol. The summed E-state index contributed by atoms with van der Waals surface area (Å²) in [5, 5.41) is 19.7. The third-order valence-corrected chi connectivity index (χ3v) is 8.93. The lowest BCUT2D eigenvalue weighted by molar-refractivity contribution is -0.137. The first kappa shape index (κ1) is 37.1. The fourth-order valence-electron chi connectivity index (χ4n) is 6.13. The Morgan fingerprint density at radius 2 is 1.61 bits per heavy atom. The van der Waals surface area contributed by atoms with E-state index in [1.807, 2.05) is 26.0 Å². The molecule has 2 aromatic rings. The van der Waals surface area contributed by atoms with Crippen LogP contribution >= 0.6 is 0 Å². The van der Waals surface area contributed by atoms with Gasteiger partial charge in [-0.2, -0.15) is 0 Å². The first-order valence-corrected chi connectivity index (χ1v) is 16.8. The Balaban J connectivity index is 0.00000330. The van der Waals surface area contributed by atoms with E-state index in [1.165, 1.54) is 22.3 Å². The molecule has 44 heavy (non-hydrogen) atoms. The van der Waals surface area contributed by atoms with E-state index in [1.54, 1.807) is 0 Å². The van der Waals surface area contributed by atoms with Gasteiger partial charge in [-0.25, -0.2) is 0 Å². The Morgan fingerprint density at radius 3 is 2.23 bits per heavy atom. The third kappa shape index (κ3) is 9.69. The van der Waals surface area contributed by atoms with Crippen LogP contribution in [0.2, 0.25) is 0 Å². The number of aliphatic hydroxyl groups excluding tert-OH is 1. The van der Waals surface area contributed by atoms with Gasteiger partial charge < -0.3 is 14.9 Å². The largest absolute Gasteiger partial charge is 0.493 e. The molecule has 3 rings (SSSR count). The Morgan fingerprint density at radius 1 is 0.932 bits per heavy atom. The van der Waals surface area contributed by atoms with Crippen molar-refractivity contribution in [1.29, 1.82) is 0 Å². The summed E-state index contributed by atoms with van der Waals surface area (Å²) < 4.78 is 6.18. The minimum Gasteiger partial charge on any atom is -0.493 e. The van der Waals surface area contributed by atoms with Crippen molar-refractivity contribution in [2.75, 3.05) is 6.61 Å². The molecule has 0 aromatic heterocycles. The molecule has 0 spiro atoms. The zero-order valence-electron chi connectivity index (χ0n) is 28.9. The van der Waals surface area contributed by atoms with Gasteiger partial charge in [-0.3, -0.25) is 4.79 Å². The Kier molecular flexibility index (Phi) is 14.7. The maximum atomic E-state index is 10.9. The second kappa shape index (κ2) is 17.4. The molecule has 4 nitrogen and oxygen atoms in total. The highest BCUT2D eigenvalue weighted by molar-refractivity contribution is 5.69. The summed E-state index contributed by atoms with van der Waals surface area (Å²) in [6.07, 6.45) is 12.9. The lowest BCUT2D eigenvalue weighted by atomic mass is 9.68. The van der Waals surface area contributed by atoms with E-state index >= 15 is 0 Å². The molecule has 2 aromatic carbocycles. The van der Waals surface area contributed by atoms with Crippen molar-refractivity contribution >= 4 is 5.97 Å². The standard InChI is InChI=1S/C38H52O4.C2H6/c1-8-38(9-2,31-19-18-27(3)34(23-21-31)42-24-13-11-10-12-17-35(39)40)32-20-22-33(28(4)25-32)29-15-14-16-30(26-29)36(41)37(5,6)7;1-2/h14-16,18,20-23,25-26,36,41H,8-13,17,19,24H2,1-7H3,(H,39,40);1-2H3. The predicted octanol–water partition coefficient (Wildman–Crippen LogP) is 11.0. The van der Waals surface area contributed by atoms with Gasteiger partial charge in [0.2, 0.25) is 0 Å². The van der Waals surface area contributed by atoms with Crippen LogP contribution in [-0.4, -0.2) is 22.8 Å². The van der Waals surface area contributed by atoms with Gasteiger partial charge in [0.25, 0.3) is 0 Å². The summed E-state index contributed by atoms with van der Waals surface area (Å²) in [5.41, 5.74) is 8.15. The van der Waals surface area contributed by atoms with Crippen molar-refractivity contribution in [3.63, 3.8) is 0 Å². The fraction of sp³-hybridized carbons (Fsp3) is 0.525. The van der Waals surface area contributed by atoms with Gasteiger partial charge in [0.15, 0.2) is 0 Å². The van der Waals surface area contributed by atoms with Crippen LogP contribution < -0.4 is 0 Å². The van der Waals surface area contributed by atoms with Gasteiger partial charge in [-0.05, 0) is 96.9 Å². The summed E-state index contributed by atoms with van der Waals surface area (Å²) >= 11 is 0. The molecule has 1 atom stereocenters. The van der Waals surface area contributed by atoms with Crippen LogP contribution in [0.5, 0.6) is 0 Å². The zero-order chi connectivity index (χ0) is 32.9. The first-order chi connectivity index (χ1) is 20.9. The number of benzene rings is 2. The Labute approximate surface area is 268 Å². The van der Waals surface area contributed by atoms with Crippen LogP contribution in [0.15, 0.2) is 77.6 Å². The second-order valence-electron chi connectivity index (χ2n) is 12.9. The number of carboxylic acid groups (broad SMARTS) is 1. The lowest BCUT2D eigenvalue weighted by Gasteiger charge is -2.35. The van der Waals surface area contributed by atoms with Crippen LogP contribution in [0, 0.1) is 12.3 Å². The maximum absolute atomic E-state index is 10.9. The van der Waals surface area contributed by atoms with Crippen LogP contribution in [0.4, 0.5) is 0 Å². The minimum absolute atomic E-state index is 0.0690. The monoisotopic (exact) mass is 602 g/mol. The molecule has 4 heteroatoms. The molecule has 0 heterocycles. The number of hydrogen-bond donors (Lipinski definition) is 2. The summed E-state index contributed by atoms with van der Waals surface area (Å²) in [6, 6.07) is 15.3. The van der Waals surface area contributed by atoms with Gasteiger partial charge >= 0.3 is 5.97 Å². The summed E-state index contributed by atoms with van der Waals surface area (Å²) in [7, 11) is 0.